The van der Waals surface area contributed by atoms with Crippen molar-refractivity contribution in [3.8, 4) is 0 Å². The summed E-state index contributed by atoms with van der Waals surface area (Å²) in [6.07, 6.45) is -0.128. The first-order chi connectivity index (χ1) is 7.83. The number of hydrogen-bond donors (Lipinski definition) is 2. The fourth-order valence-electron chi connectivity index (χ4n) is 1.49. The number of aromatic nitrogens is 1. The lowest BCUT2D eigenvalue weighted by Gasteiger charge is -2.18. The van der Waals surface area contributed by atoms with Gasteiger partial charge in [0.15, 0.2) is 0 Å². The van der Waals surface area contributed by atoms with Gasteiger partial charge in [0.1, 0.15) is 17.1 Å². The van der Waals surface area contributed by atoms with Gasteiger partial charge in [-0.05, 0) is 18.1 Å². The Morgan fingerprint density at radius 3 is 2.53 bits per heavy atom. The topological polar surface area (TPSA) is 76.2 Å². The van der Waals surface area contributed by atoms with Crippen molar-refractivity contribution in [1.29, 1.82) is 0 Å². The van der Waals surface area contributed by atoms with Crippen LogP contribution < -0.4 is 5.73 Å². The zero-order chi connectivity index (χ0) is 13.2. The Balaban J connectivity index is 3.44. The molecule has 0 spiro atoms. The molecule has 1 rings (SSSR count). The van der Waals surface area contributed by atoms with E-state index in [0.29, 0.717) is 0 Å². The number of carboxylic acids is 1. The molecule has 6 heteroatoms. The van der Waals surface area contributed by atoms with Crippen LogP contribution in [0.2, 0.25) is 0 Å². The van der Waals surface area contributed by atoms with Crippen LogP contribution in [0.1, 0.15) is 41.9 Å². The number of nitrogen functional groups attached to an aromatic ring is 1. The molecule has 0 saturated heterocycles. The first-order valence-corrected chi connectivity index (χ1v) is 5.24. The number of rotatable bonds is 4. The molecule has 0 saturated carbocycles. The number of pyridine rings is 1. The monoisotopic (exact) mass is 244 g/mol. The number of aromatic carboxylic acids is 1. The normalized spacial score (nSPS) is 11.5. The van der Waals surface area contributed by atoms with Crippen LogP contribution in [-0.4, -0.2) is 16.1 Å². The highest BCUT2D eigenvalue weighted by Crippen LogP contribution is 2.34. The van der Waals surface area contributed by atoms with E-state index in [1.54, 1.807) is 6.92 Å². The third-order valence-electron chi connectivity index (χ3n) is 2.53. The fourth-order valence-corrected chi connectivity index (χ4v) is 1.49. The van der Waals surface area contributed by atoms with Gasteiger partial charge >= 0.3 is 5.97 Å². The Kier molecular flexibility index (Phi) is 3.65. The van der Waals surface area contributed by atoms with Gasteiger partial charge in [-0.15, -0.1) is 0 Å². The molecule has 0 unspecified atom stereocenters. The van der Waals surface area contributed by atoms with Crippen LogP contribution in [0, 0.1) is 0 Å². The molecule has 0 aliphatic rings. The van der Waals surface area contributed by atoms with Gasteiger partial charge in [0.05, 0.1) is 0 Å². The van der Waals surface area contributed by atoms with Gasteiger partial charge in [-0.3, -0.25) is 0 Å². The van der Waals surface area contributed by atoms with Gasteiger partial charge < -0.3 is 10.8 Å². The average molecular weight is 244 g/mol. The molecule has 0 atom stereocenters. The van der Waals surface area contributed by atoms with Gasteiger partial charge in [0.25, 0.3) is 5.92 Å². The quantitative estimate of drug-likeness (QED) is 0.852. The number of halogens is 2. The summed E-state index contributed by atoms with van der Waals surface area (Å²) in [7, 11) is 0. The van der Waals surface area contributed by atoms with E-state index in [1.807, 2.05) is 0 Å². The van der Waals surface area contributed by atoms with E-state index >= 15 is 0 Å². The number of nitrogens with two attached hydrogens (primary N) is 1. The molecule has 0 aliphatic carbocycles. The van der Waals surface area contributed by atoms with E-state index in [2.05, 4.69) is 4.98 Å². The summed E-state index contributed by atoms with van der Waals surface area (Å²) in [6.45, 7) is 3.00. The molecule has 0 amide bonds. The van der Waals surface area contributed by atoms with Gasteiger partial charge in [-0.2, -0.15) is 8.78 Å². The summed E-state index contributed by atoms with van der Waals surface area (Å²) in [5, 5.41) is 8.83. The van der Waals surface area contributed by atoms with Crippen molar-refractivity contribution in [3.63, 3.8) is 0 Å². The number of carbonyl (C=O) groups is 1. The second kappa shape index (κ2) is 4.65. The van der Waals surface area contributed by atoms with Gasteiger partial charge in [-0.1, -0.05) is 13.8 Å². The van der Waals surface area contributed by atoms with Crippen LogP contribution in [0.15, 0.2) is 6.07 Å². The second-order valence-corrected chi connectivity index (χ2v) is 3.65. The predicted molar refractivity (Wildman–Crippen MR) is 59.2 cm³/mol. The zero-order valence-electron chi connectivity index (χ0n) is 9.63. The summed E-state index contributed by atoms with van der Waals surface area (Å²) < 4.78 is 27.2. The largest absolute Gasteiger partial charge is 0.478 e. The summed E-state index contributed by atoms with van der Waals surface area (Å²) in [4.78, 5) is 14.4. The third-order valence-corrected chi connectivity index (χ3v) is 2.53. The van der Waals surface area contributed by atoms with E-state index < -0.39 is 24.0 Å². The standard InChI is InChI=1S/C11H14F2N2O2/c1-3-6-5-7(10(16)17)9(14)15-8(6)11(12,13)4-2/h5H,3-4H2,1-2H3,(H2,14,15)(H,16,17). The van der Waals surface area contributed by atoms with Crippen molar-refractivity contribution in [3.05, 3.63) is 22.9 Å². The molecule has 1 aromatic rings. The van der Waals surface area contributed by atoms with Crippen molar-refractivity contribution in [2.24, 2.45) is 0 Å². The number of anilines is 1. The van der Waals surface area contributed by atoms with E-state index in [1.165, 1.54) is 13.0 Å². The van der Waals surface area contributed by atoms with Crippen LogP contribution >= 0.6 is 0 Å². The molecule has 0 radical (unpaired) electrons. The lowest BCUT2D eigenvalue weighted by Crippen LogP contribution is -2.19. The third kappa shape index (κ3) is 2.51. The van der Waals surface area contributed by atoms with Crippen LogP contribution in [0.3, 0.4) is 0 Å². The molecule has 1 heterocycles. The van der Waals surface area contributed by atoms with E-state index in [-0.39, 0.29) is 23.4 Å². The first kappa shape index (κ1) is 13.3. The molecule has 0 aliphatic heterocycles. The highest BCUT2D eigenvalue weighted by atomic mass is 19.3. The van der Waals surface area contributed by atoms with Crippen molar-refractivity contribution in [1.82, 2.24) is 4.98 Å². The Labute approximate surface area is 97.5 Å². The first-order valence-electron chi connectivity index (χ1n) is 5.24. The number of aryl methyl sites for hydroxylation is 1. The minimum Gasteiger partial charge on any atom is -0.478 e. The highest BCUT2D eigenvalue weighted by Gasteiger charge is 2.34. The molecule has 1 aromatic heterocycles. The lowest BCUT2D eigenvalue weighted by atomic mass is 10.0. The number of nitrogens with zero attached hydrogens (tertiary/aromatic N) is 1. The molecule has 17 heavy (non-hydrogen) atoms. The van der Waals surface area contributed by atoms with E-state index in [9.17, 15) is 13.6 Å². The highest BCUT2D eigenvalue weighted by molar-refractivity contribution is 5.92. The van der Waals surface area contributed by atoms with Crippen molar-refractivity contribution in [2.75, 3.05) is 5.73 Å². The van der Waals surface area contributed by atoms with E-state index in [0.717, 1.165) is 0 Å². The van der Waals surface area contributed by atoms with Crippen LogP contribution in [-0.2, 0) is 12.3 Å². The summed E-state index contributed by atoms with van der Waals surface area (Å²) in [5.74, 6) is -4.73. The summed E-state index contributed by atoms with van der Waals surface area (Å²) >= 11 is 0. The smallest absolute Gasteiger partial charge is 0.339 e. The molecule has 0 bridgehead atoms. The van der Waals surface area contributed by atoms with Gasteiger partial charge in [-0.25, -0.2) is 9.78 Å². The molecular weight excluding hydrogens is 230 g/mol. The molecule has 94 valence electrons. The molecular formula is C11H14F2N2O2. The molecule has 0 aromatic carbocycles. The average Bonchev–Trinajstić information content (AvgIpc) is 2.28. The maximum Gasteiger partial charge on any atom is 0.339 e. The molecule has 0 fully saturated rings. The zero-order valence-corrected chi connectivity index (χ0v) is 9.63. The van der Waals surface area contributed by atoms with Gasteiger partial charge in [0.2, 0.25) is 0 Å². The summed E-state index contributed by atoms with van der Waals surface area (Å²) in [5.41, 5.74) is 4.92. The predicted octanol–water partition coefficient (Wildman–Crippen LogP) is 2.43. The number of alkyl halides is 2. The number of carboxylic acid groups (broad SMARTS) is 1. The van der Waals surface area contributed by atoms with Gasteiger partial charge in [0, 0.05) is 6.42 Å². The molecule has 3 N–H and O–H groups in total. The Morgan fingerprint density at radius 2 is 2.12 bits per heavy atom. The minimum absolute atomic E-state index is 0.212. The van der Waals surface area contributed by atoms with Crippen LogP contribution in [0.25, 0.3) is 0 Å². The maximum atomic E-state index is 13.6. The van der Waals surface area contributed by atoms with E-state index in [4.69, 9.17) is 10.8 Å². The van der Waals surface area contributed by atoms with Crippen molar-refractivity contribution in [2.45, 2.75) is 32.6 Å². The second-order valence-electron chi connectivity index (χ2n) is 3.65. The van der Waals surface area contributed by atoms with Crippen LogP contribution in [0.5, 0.6) is 0 Å². The minimum atomic E-state index is -3.09. The summed E-state index contributed by atoms with van der Waals surface area (Å²) in [6, 6.07) is 1.17. The SMILES string of the molecule is CCc1cc(C(=O)O)c(N)nc1C(F)(F)CC. The Morgan fingerprint density at radius 1 is 1.53 bits per heavy atom. The van der Waals surface area contributed by atoms with Crippen LogP contribution in [0.4, 0.5) is 14.6 Å². The lowest BCUT2D eigenvalue weighted by molar-refractivity contribution is -0.0136. The Hall–Kier alpha value is -1.72. The van der Waals surface area contributed by atoms with Crippen molar-refractivity contribution < 1.29 is 18.7 Å². The number of hydrogen-bond acceptors (Lipinski definition) is 3. The molecule has 4 nitrogen and oxygen atoms in total. The maximum absolute atomic E-state index is 13.6. The Bertz CT molecular complexity index is 447. The van der Waals surface area contributed by atoms with Crippen molar-refractivity contribution >= 4 is 11.8 Å². The fraction of sp³-hybridized carbons (Fsp3) is 0.455.